The highest BCUT2D eigenvalue weighted by Crippen LogP contribution is 2.16. The van der Waals surface area contributed by atoms with Crippen molar-refractivity contribution in [3.63, 3.8) is 0 Å². The first kappa shape index (κ1) is 21.0. The lowest BCUT2D eigenvalue weighted by Gasteiger charge is -2.36. The Morgan fingerprint density at radius 3 is 2.59 bits per heavy atom. The van der Waals surface area contributed by atoms with Gasteiger partial charge in [0.1, 0.15) is 0 Å². The molecule has 27 heavy (non-hydrogen) atoms. The summed E-state index contributed by atoms with van der Waals surface area (Å²) in [6.07, 6.45) is 0. The predicted molar refractivity (Wildman–Crippen MR) is 104 cm³/mol. The molecule has 1 aromatic rings. The zero-order valence-electron chi connectivity index (χ0n) is 16.3. The zero-order valence-corrected chi connectivity index (χ0v) is 16.3. The maximum atomic E-state index is 13.5. The van der Waals surface area contributed by atoms with Crippen molar-refractivity contribution in [1.82, 2.24) is 20.4 Å². The Balaban J connectivity index is 1.91. The first-order chi connectivity index (χ1) is 12.9. The number of aliphatic imine (C=N–C) groups is 1. The Morgan fingerprint density at radius 1 is 1.30 bits per heavy atom. The van der Waals surface area contributed by atoms with Gasteiger partial charge < -0.3 is 20.6 Å². The van der Waals surface area contributed by atoms with Crippen LogP contribution in [0, 0.1) is 5.82 Å². The Bertz CT molecular complexity index is 658. The lowest BCUT2D eigenvalue weighted by Crippen LogP contribution is -2.54. The van der Waals surface area contributed by atoms with Crippen molar-refractivity contribution in [3.8, 4) is 5.75 Å². The van der Waals surface area contributed by atoms with Crippen LogP contribution in [0.4, 0.5) is 4.39 Å². The molecule has 1 heterocycles. The summed E-state index contributed by atoms with van der Waals surface area (Å²) in [5.41, 5.74) is 0.699. The summed E-state index contributed by atoms with van der Waals surface area (Å²) in [5.74, 6) is -0.168. The van der Waals surface area contributed by atoms with Gasteiger partial charge in [-0.05, 0) is 38.5 Å². The van der Waals surface area contributed by atoms with Gasteiger partial charge in [0.15, 0.2) is 17.5 Å². The third-order valence-corrected chi connectivity index (χ3v) is 4.25. The summed E-state index contributed by atoms with van der Waals surface area (Å²) in [7, 11) is 0. The number of phenolic OH excluding ortho intramolecular Hbond substituents is 1. The van der Waals surface area contributed by atoms with Crippen LogP contribution < -0.4 is 10.6 Å². The smallest absolute Gasteiger partial charge is 0.234 e. The summed E-state index contributed by atoms with van der Waals surface area (Å²) >= 11 is 0. The topological polar surface area (TPSA) is 80.2 Å². The molecule has 0 radical (unpaired) electrons. The minimum atomic E-state index is -0.638. The Morgan fingerprint density at radius 2 is 2.00 bits per heavy atom. The van der Waals surface area contributed by atoms with Gasteiger partial charge in [0, 0.05) is 38.8 Å². The molecule has 1 aliphatic rings. The minimum Gasteiger partial charge on any atom is -0.505 e. The van der Waals surface area contributed by atoms with Crippen LogP contribution in [0.25, 0.3) is 0 Å². The largest absolute Gasteiger partial charge is 0.505 e. The molecule has 0 spiro atoms. The molecular weight excluding hydrogens is 349 g/mol. The summed E-state index contributed by atoms with van der Waals surface area (Å²) < 4.78 is 13.5. The Hall–Kier alpha value is -2.35. The Kier molecular flexibility index (Phi) is 7.84. The van der Waals surface area contributed by atoms with E-state index in [-0.39, 0.29) is 17.7 Å². The standard InChI is InChI=1S/C19H30FN5O2/c1-4-21-19(22-12-15-5-6-17(26)16(20)11-15)25-9-7-24(8-10-25)13-18(27)23-14(2)3/h5-6,11,14,26H,4,7-10,12-13H2,1-3H3,(H,21,22)(H,23,27). The summed E-state index contributed by atoms with van der Waals surface area (Å²) in [6.45, 7) is 10.5. The zero-order chi connectivity index (χ0) is 19.8. The van der Waals surface area contributed by atoms with Crippen LogP contribution in [0.15, 0.2) is 23.2 Å². The molecule has 0 aliphatic carbocycles. The second kappa shape index (κ2) is 10.1. The number of aromatic hydroxyl groups is 1. The third-order valence-electron chi connectivity index (χ3n) is 4.25. The molecule has 0 aromatic heterocycles. The molecule has 150 valence electrons. The molecule has 0 atom stereocenters. The van der Waals surface area contributed by atoms with Crippen molar-refractivity contribution < 1.29 is 14.3 Å². The van der Waals surface area contributed by atoms with Crippen molar-refractivity contribution in [2.45, 2.75) is 33.4 Å². The molecular formula is C19H30FN5O2. The number of benzene rings is 1. The molecule has 1 aromatic carbocycles. The lowest BCUT2D eigenvalue weighted by molar-refractivity contribution is -0.123. The average molecular weight is 379 g/mol. The van der Waals surface area contributed by atoms with E-state index in [2.05, 4.69) is 25.4 Å². The van der Waals surface area contributed by atoms with Crippen molar-refractivity contribution in [2.75, 3.05) is 39.3 Å². The molecule has 7 nitrogen and oxygen atoms in total. The van der Waals surface area contributed by atoms with Gasteiger partial charge in [-0.3, -0.25) is 9.69 Å². The van der Waals surface area contributed by atoms with Gasteiger partial charge in [0.25, 0.3) is 0 Å². The average Bonchev–Trinajstić information content (AvgIpc) is 2.61. The molecule has 0 unspecified atom stereocenters. The van der Waals surface area contributed by atoms with Crippen LogP contribution in [0.2, 0.25) is 0 Å². The lowest BCUT2D eigenvalue weighted by atomic mass is 10.2. The fourth-order valence-electron chi connectivity index (χ4n) is 2.93. The maximum Gasteiger partial charge on any atom is 0.234 e. The monoisotopic (exact) mass is 379 g/mol. The first-order valence-corrected chi connectivity index (χ1v) is 9.41. The number of carbonyl (C=O) groups excluding carboxylic acids is 1. The van der Waals surface area contributed by atoms with Gasteiger partial charge in [0.05, 0.1) is 13.1 Å². The second-order valence-electron chi connectivity index (χ2n) is 6.94. The molecule has 0 bridgehead atoms. The number of guanidine groups is 1. The molecule has 1 amide bonds. The van der Waals surface area contributed by atoms with Crippen LogP contribution >= 0.6 is 0 Å². The summed E-state index contributed by atoms with van der Waals surface area (Å²) in [5, 5.41) is 15.5. The highest BCUT2D eigenvalue weighted by atomic mass is 19.1. The second-order valence-corrected chi connectivity index (χ2v) is 6.94. The van der Waals surface area contributed by atoms with Crippen LogP contribution in [0.5, 0.6) is 5.75 Å². The van der Waals surface area contributed by atoms with Gasteiger partial charge >= 0.3 is 0 Å². The number of piperazine rings is 1. The molecule has 0 saturated carbocycles. The first-order valence-electron chi connectivity index (χ1n) is 9.41. The fraction of sp³-hybridized carbons (Fsp3) is 0.579. The molecule has 1 saturated heterocycles. The van der Waals surface area contributed by atoms with Crippen LogP contribution in [0.1, 0.15) is 26.3 Å². The number of nitrogens with zero attached hydrogens (tertiary/aromatic N) is 3. The number of halogens is 1. The molecule has 1 fully saturated rings. The van der Waals surface area contributed by atoms with E-state index in [1.807, 2.05) is 20.8 Å². The quantitative estimate of drug-likeness (QED) is 0.510. The van der Waals surface area contributed by atoms with Crippen molar-refractivity contribution in [3.05, 3.63) is 29.6 Å². The summed E-state index contributed by atoms with van der Waals surface area (Å²) in [4.78, 5) is 20.8. The highest BCUT2D eigenvalue weighted by Gasteiger charge is 2.21. The van der Waals surface area contributed by atoms with E-state index < -0.39 is 5.82 Å². The fourth-order valence-corrected chi connectivity index (χ4v) is 2.93. The van der Waals surface area contributed by atoms with Gasteiger partial charge in [-0.2, -0.15) is 0 Å². The van der Waals surface area contributed by atoms with E-state index in [9.17, 15) is 14.3 Å². The van der Waals surface area contributed by atoms with Crippen molar-refractivity contribution in [2.24, 2.45) is 4.99 Å². The maximum absolute atomic E-state index is 13.5. The molecule has 3 N–H and O–H groups in total. The molecule has 1 aliphatic heterocycles. The molecule has 8 heteroatoms. The van der Waals surface area contributed by atoms with E-state index in [4.69, 9.17) is 0 Å². The van der Waals surface area contributed by atoms with Gasteiger partial charge in [0.2, 0.25) is 5.91 Å². The predicted octanol–water partition coefficient (Wildman–Crippen LogP) is 1.14. The van der Waals surface area contributed by atoms with Crippen LogP contribution in [-0.2, 0) is 11.3 Å². The highest BCUT2D eigenvalue weighted by molar-refractivity contribution is 5.80. The molecule has 2 rings (SSSR count). The van der Waals surface area contributed by atoms with Crippen LogP contribution in [0.3, 0.4) is 0 Å². The van der Waals surface area contributed by atoms with Gasteiger partial charge in [-0.1, -0.05) is 6.07 Å². The number of amides is 1. The number of rotatable bonds is 6. The third kappa shape index (κ3) is 6.71. The van der Waals surface area contributed by atoms with E-state index >= 15 is 0 Å². The van der Waals surface area contributed by atoms with E-state index in [0.717, 1.165) is 38.7 Å². The van der Waals surface area contributed by atoms with Crippen molar-refractivity contribution in [1.29, 1.82) is 0 Å². The number of nitrogens with one attached hydrogen (secondary N) is 2. The number of phenols is 1. The van der Waals surface area contributed by atoms with Gasteiger partial charge in [-0.15, -0.1) is 0 Å². The SMILES string of the molecule is CCNC(=NCc1ccc(O)c(F)c1)N1CCN(CC(=O)NC(C)C)CC1. The van der Waals surface area contributed by atoms with E-state index in [1.165, 1.54) is 12.1 Å². The number of hydrogen-bond donors (Lipinski definition) is 3. The van der Waals surface area contributed by atoms with Crippen molar-refractivity contribution >= 4 is 11.9 Å². The number of hydrogen-bond acceptors (Lipinski definition) is 4. The normalized spacial score (nSPS) is 15.9. The minimum absolute atomic E-state index is 0.0494. The summed E-state index contributed by atoms with van der Waals surface area (Å²) in [6, 6.07) is 4.45. The van der Waals surface area contributed by atoms with E-state index in [0.29, 0.717) is 18.7 Å². The number of carbonyl (C=O) groups is 1. The van der Waals surface area contributed by atoms with Crippen LogP contribution in [-0.4, -0.2) is 72.1 Å². The Labute approximate surface area is 160 Å². The van der Waals surface area contributed by atoms with E-state index in [1.54, 1.807) is 6.07 Å². The van der Waals surface area contributed by atoms with Gasteiger partial charge in [-0.25, -0.2) is 9.38 Å².